The summed E-state index contributed by atoms with van der Waals surface area (Å²) in [5.41, 5.74) is 0.735. The van der Waals surface area contributed by atoms with Crippen molar-refractivity contribution in [3.05, 3.63) is 35.1 Å². The van der Waals surface area contributed by atoms with Gasteiger partial charge in [-0.2, -0.15) is 0 Å². The van der Waals surface area contributed by atoms with Crippen molar-refractivity contribution in [1.29, 1.82) is 0 Å². The number of aliphatic carboxylic acids is 1. The van der Waals surface area contributed by atoms with E-state index in [2.05, 4.69) is 0 Å². The van der Waals surface area contributed by atoms with Gasteiger partial charge in [0.1, 0.15) is 5.82 Å². The Bertz CT molecular complexity index is 517. The fourth-order valence-electron chi connectivity index (χ4n) is 1.94. The van der Waals surface area contributed by atoms with Crippen LogP contribution in [-0.4, -0.2) is 47.7 Å². The highest BCUT2D eigenvalue weighted by molar-refractivity contribution is 5.94. The molecule has 19 heavy (non-hydrogen) atoms. The second kappa shape index (κ2) is 5.36. The average molecular weight is 267 g/mol. The summed E-state index contributed by atoms with van der Waals surface area (Å²) in [5, 5.41) is 8.88. The Morgan fingerprint density at radius 2 is 2.21 bits per heavy atom. The van der Waals surface area contributed by atoms with Crippen LogP contribution in [0.15, 0.2) is 18.2 Å². The average Bonchev–Trinajstić information content (AvgIpc) is 2.41. The number of carbonyl (C=O) groups excluding carboxylic acids is 1. The van der Waals surface area contributed by atoms with E-state index in [1.165, 1.54) is 23.1 Å². The Kier molecular flexibility index (Phi) is 3.80. The molecule has 1 aromatic carbocycles. The van der Waals surface area contributed by atoms with Crippen molar-refractivity contribution in [2.45, 2.75) is 13.0 Å². The third-order valence-electron chi connectivity index (χ3n) is 3.03. The molecule has 0 spiro atoms. The van der Waals surface area contributed by atoms with Crippen LogP contribution in [0.2, 0.25) is 0 Å². The maximum Gasteiger partial charge on any atom is 0.334 e. The molecule has 0 radical (unpaired) electrons. The Balaban J connectivity index is 2.14. The normalized spacial score (nSPS) is 19.3. The van der Waals surface area contributed by atoms with Crippen molar-refractivity contribution in [3.8, 4) is 0 Å². The van der Waals surface area contributed by atoms with Gasteiger partial charge in [0.05, 0.1) is 13.2 Å². The number of hydrogen-bond donors (Lipinski definition) is 1. The van der Waals surface area contributed by atoms with E-state index in [4.69, 9.17) is 9.84 Å². The first-order valence-corrected chi connectivity index (χ1v) is 5.89. The number of carbonyl (C=O) groups is 2. The molecule has 0 unspecified atom stereocenters. The maximum atomic E-state index is 13.1. The first kappa shape index (κ1) is 13.5. The highest BCUT2D eigenvalue weighted by Crippen LogP contribution is 2.14. The van der Waals surface area contributed by atoms with E-state index in [-0.39, 0.29) is 24.9 Å². The molecule has 1 N–H and O–H groups in total. The number of aryl methyl sites for hydroxylation is 1. The molecule has 1 aromatic rings. The van der Waals surface area contributed by atoms with Crippen molar-refractivity contribution in [2.75, 3.05) is 19.7 Å². The lowest BCUT2D eigenvalue weighted by Crippen LogP contribution is -2.48. The number of nitrogens with zero attached hydrogens (tertiary/aromatic N) is 1. The minimum absolute atomic E-state index is 0.00455. The second-order valence-electron chi connectivity index (χ2n) is 4.41. The number of morpholine rings is 1. The van der Waals surface area contributed by atoms with Gasteiger partial charge in [0.25, 0.3) is 5.91 Å². The van der Waals surface area contributed by atoms with Crippen LogP contribution in [-0.2, 0) is 9.53 Å². The number of rotatable bonds is 2. The molecule has 6 heteroatoms. The highest BCUT2D eigenvalue weighted by atomic mass is 19.1. The molecule has 1 atom stereocenters. The lowest BCUT2D eigenvalue weighted by molar-refractivity contribution is -0.154. The number of carboxylic acids is 1. The first-order chi connectivity index (χ1) is 8.99. The third-order valence-corrected chi connectivity index (χ3v) is 3.03. The molecular weight excluding hydrogens is 253 g/mol. The molecule has 0 aromatic heterocycles. The van der Waals surface area contributed by atoms with E-state index in [0.717, 1.165) is 0 Å². The van der Waals surface area contributed by atoms with Gasteiger partial charge in [-0.05, 0) is 30.7 Å². The number of amides is 1. The molecule has 1 saturated heterocycles. The van der Waals surface area contributed by atoms with E-state index in [1.54, 1.807) is 6.92 Å². The van der Waals surface area contributed by atoms with Gasteiger partial charge in [-0.15, -0.1) is 0 Å². The van der Waals surface area contributed by atoms with Crippen LogP contribution >= 0.6 is 0 Å². The SMILES string of the molecule is Cc1cc(C(=O)N2CCO[C@H](C(=O)O)C2)ccc1F. The predicted molar refractivity (Wildman–Crippen MR) is 64.4 cm³/mol. The fourth-order valence-corrected chi connectivity index (χ4v) is 1.94. The van der Waals surface area contributed by atoms with Gasteiger partial charge in [-0.25, -0.2) is 9.18 Å². The molecular formula is C13H14FNO4. The Hall–Kier alpha value is -1.95. The molecule has 1 amide bonds. The van der Waals surface area contributed by atoms with Gasteiger partial charge >= 0.3 is 5.97 Å². The molecule has 102 valence electrons. The minimum atomic E-state index is -1.09. The first-order valence-electron chi connectivity index (χ1n) is 5.89. The summed E-state index contributed by atoms with van der Waals surface area (Å²) in [6, 6.07) is 4.09. The van der Waals surface area contributed by atoms with Crippen molar-refractivity contribution in [3.63, 3.8) is 0 Å². The molecule has 0 aliphatic carbocycles. The smallest absolute Gasteiger partial charge is 0.334 e. The van der Waals surface area contributed by atoms with Crippen LogP contribution in [0, 0.1) is 12.7 Å². The topological polar surface area (TPSA) is 66.8 Å². The van der Waals surface area contributed by atoms with Crippen LogP contribution in [0.25, 0.3) is 0 Å². The van der Waals surface area contributed by atoms with Gasteiger partial charge < -0.3 is 14.7 Å². The lowest BCUT2D eigenvalue weighted by Gasteiger charge is -2.31. The molecule has 0 bridgehead atoms. The maximum absolute atomic E-state index is 13.1. The molecule has 1 fully saturated rings. The summed E-state index contributed by atoms with van der Waals surface area (Å²) in [6.07, 6.45) is -1.00. The fraction of sp³-hybridized carbons (Fsp3) is 0.385. The molecule has 2 rings (SSSR count). The summed E-state index contributed by atoms with van der Waals surface area (Å²) in [6.45, 7) is 2.10. The van der Waals surface area contributed by atoms with E-state index < -0.39 is 12.1 Å². The molecule has 0 saturated carbocycles. The van der Waals surface area contributed by atoms with Gasteiger partial charge in [0, 0.05) is 12.1 Å². The molecule has 1 aliphatic heterocycles. The van der Waals surface area contributed by atoms with Crippen LogP contribution in [0.1, 0.15) is 15.9 Å². The monoisotopic (exact) mass is 267 g/mol. The van der Waals surface area contributed by atoms with Crippen molar-refractivity contribution >= 4 is 11.9 Å². The van der Waals surface area contributed by atoms with Gasteiger partial charge in [-0.3, -0.25) is 4.79 Å². The summed E-state index contributed by atoms with van der Waals surface area (Å²) < 4.78 is 18.2. The van der Waals surface area contributed by atoms with Crippen LogP contribution < -0.4 is 0 Å². The van der Waals surface area contributed by atoms with E-state index in [0.29, 0.717) is 17.7 Å². The van der Waals surface area contributed by atoms with Crippen molar-refractivity contribution in [1.82, 2.24) is 4.90 Å². The standard InChI is InChI=1S/C13H14FNO4/c1-8-6-9(2-3-10(8)14)12(16)15-4-5-19-11(7-15)13(17)18/h2-3,6,11H,4-5,7H2,1H3,(H,17,18)/t11-/m0/s1. The largest absolute Gasteiger partial charge is 0.479 e. The van der Waals surface area contributed by atoms with Gasteiger partial charge in [0.15, 0.2) is 6.10 Å². The van der Waals surface area contributed by atoms with Gasteiger partial charge in [-0.1, -0.05) is 0 Å². The zero-order chi connectivity index (χ0) is 14.0. The number of benzene rings is 1. The van der Waals surface area contributed by atoms with Crippen LogP contribution in [0.3, 0.4) is 0 Å². The predicted octanol–water partition coefficient (Wildman–Crippen LogP) is 1.06. The Labute approximate surface area is 109 Å². The summed E-state index contributed by atoms with van der Waals surface area (Å²) >= 11 is 0. The van der Waals surface area contributed by atoms with Crippen LogP contribution in [0.5, 0.6) is 0 Å². The number of ether oxygens (including phenoxy) is 1. The summed E-state index contributed by atoms with van der Waals surface area (Å²) in [4.78, 5) is 24.4. The van der Waals surface area contributed by atoms with E-state index in [1.807, 2.05) is 0 Å². The van der Waals surface area contributed by atoms with Crippen LogP contribution in [0.4, 0.5) is 4.39 Å². The summed E-state index contributed by atoms with van der Waals surface area (Å²) in [7, 11) is 0. The number of carboxylic acid groups (broad SMARTS) is 1. The van der Waals surface area contributed by atoms with Crippen molar-refractivity contribution in [2.24, 2.45) is 0 Å². The quantitative estimate of drug-likeness (QED) is 0.870. The zero-order valence-corrected chi connectivity index (χ0v) is 10.4. The third kappa shape index (κ3) is 2.90. The molecule has 5 nitrogen and oxygen atoms in total. The van der Waals surface area contributed by atoms with E-state index >= 15 is 0 Å². The minimum Gasteiger partial charge on any atom is -0.479 e. The number of hydrogen-bond acceptors (Lipinski definition) is 3. The Morgan fingerprint density at radius 1 is 1.47 bits per heavy atom. The Morgan fingerprint density at radius 3 is 2.84 bits per heavy atom. The molecule has 1 heterocycles. The summed E-state index contributed by atoms with van der Waals surface area (Å²) in [5.74, 6) is -1.77. The number of halogens is 1. The van der Waals surface area contributed by atoms with E-state index in [9.17, 15) is 14.0 Å². The molecule has 1 aliphatic rings. The lowest BCUT2D eigenvalue weighted by atomic mass is 10.1. The zero-order valence-electron chi connectivity index (χ0n) is 10.4. The van der Waals surface area contributed by atoms with Gasteiger partial charge in [0.2, 0.25) is 0 Å². The second-order valence-corrected chi connectivity index (χ2v) is 4.41. The highest BCUT2D eigenvalue weighted by Gasteiger charge is 2.29. The van der Waals surface area contributed by atoms with Crippen molar-refractivity contribution < 1.29 is 23.8 Å².